The van der Waals surface area contributed by atoms with Gasteiger partial charge >= 0.3 is 0 Å². The van der Waals surface area contributed by atoms with Gasteiger partial charge in [0.1, 0.15) is 5.76 Å². The molecule has 0 spiro atoms. The maximum atomic E-state index is 13.8. The van der Waals surface area contributed by atoms with Crippen molar-refractivity contribution in [2.45, 2.75) is 43.6 Å². The molecule has 2 saturated carbocycles. The largest absolute Gasteiger partial charge is 0.453 e. The van der Waals surface area contributed by atoms with Crippen molar-refractivity contribution in [3.63, 3.8) is 0 Å². The lowest BCUT2D eigenvalue weighted by Gasteiger charge is -2.38. The highest BCUT2D eigenvalue weighted by atomic mass is 16.3. The maximum absolute atomic E-state index is 13.8. The molecule has 2 aliphatic rings. The first-order chi connectivity index (χ1) is 15.1. The molecule has 2 fully saturated rings. The number of fused-ring (bicyclic) bond motifs is 1. The van der Waals surface area contributed by atoms with E-state index in [0.29, 0.717) is 28.2 Å². The molecule has 0 unspecified atom stereocenters. The molecule has 0 radical (unpaired) electrons. The predicted molar refractivity (Wildman–Crippen MR) is 123 cm³/mol. The van der Waals surface area contributed by atoms with Gasteiger partial charge in [0.2, 0.25) is 5.43 Å². The summed E-state index contributed by atoms with van der Waals surface area (Å²) >= 11 is 0. The molecule has 4 heteroatoms. The number of hydrogen-bond donors (Lipinski definition) is 1. The summed E-state index contributed by atoms with van der Waals surface area (Å²) < 4.78 is 6.49. The van der Waals surface area contributed by atoms with Gasteiger partial charge in [-0.15, -0.1) is 0 Å². The summed E-state index contributed by atoms with van der Waals surface area (Å²) in [6.45, 7) is 0. The SMILES string of the molecule is NC1(c2ccc(-c3c(-c4ccccc4)oc4c(C5CC5)nccc4c3=O)cc2)CCC1. The lowest BCUT2D eigenvalue weighted by Crippen LogP contribution is -2.43. The van der Waals surface area contributed by atoms with Gasteiger partial charge in [0, 0.05) is 23.2 Å². The van der Waals surface area contributed by atoms with E-state index in [4.69, 9.17) is 10.2 Å². The molecule has 154 valence electrons. The highest BCUT2D eigenvalue weighted by Gasteiger charge is 2.34. The van der Waals surface area contributed by atoms with Gasteiger partial charge in [-0.1, -0.05) is 54.6 Å². The van der Waals surface area contributed by atoms with Gasteiger partial charge in [-0.2, -0.15) is 0 Å². The highest BCUT2D eigenvalue weighted by Crippen LogP contribution is 2.43. The fraction of sp³-hybridized carbons (Fsp3) is 0.259. The van der Waals surface area contributed by atoms with E-state index in [1.165, 1.54) is 6.42 Å². The zero-order chi connectivity index (χ0) is 21.0. The van der Waals surface area contributed by atoms with Crippen LogP contribution in [0.15, 0.2) is 76.1 Å². The van der Waals surface area contributed by atoms with Gasteiger partial charge in [0.05, 0.1) is 16.6 Å². The molecule has 0 bridgehead atoms. The van der Waals surface area contributed by atoms with Gasteiger partial charge in [0.15, 0.2) is 5.58 Å². The molecule has 4 nitrogen and oxygen atoms in total. The Bertz CT molecular complexity index is 1330. The zero-order valence-electron chi connectivity index (χ0n) is 17.3. The van der Waals surface area contributed by atoms with Crippen LogP contribution in [0.25, 0.3) is 33.4 Å². The standard InChI is InChI=1S/C27H24N2O2/c28-27(14-4-15-27)20-11-9-17(10-12-20)22-24(30)21-13-16-29-23(18-7-8-18)26(21)31-25(22)19-5-2-1-3-6-19/h1-3,5-6,9-13,16,18H,4,7-8,14-15,28H2. The van der Waals surface area contributed by atoms with Crippen molar-refractivity contribution in [3.8, 4) is 22.5 Å². The highest BCUT2D eigenvalue weighted by molar-refractivity contribution is 5.90. The number of nitrogens with zero attached hydrogens (tertiary/aromatic N) is 1. The normalized spacial score (nSPS) is 17.5. The van der Waals surface area contributed by atoms with Crippen molar-refractivity contribution in [3.05, 3.63) is 88.3 Å². The first-order valence-corrected chi connectivity index (χ1v) is 11.0. The second-order valence-electron chi connectivity index (χ2n) is 8.94. The average Bonchev–Trinajstić information content (AvgIpc) is 3.63. The van der Waals surface area contributed by atoms with E-state index in [0.717, 1.165) is 48.1 Å². The third-order valence-corrected chi connectivity index (χ3v) is 6.83. The van der Waals surface area contributed by atoms with E-state index >= 15 is 0 Å². The van der Waals surface area contributed by atoms with Crippen molar-refractivity contribution in [2.75, 3.05) is 0 Å². The van der Waals surface area contributed by atoms with Crippen molar-refractivity contribution in [1.82, 2.24) is 4.98 Å². The average molecular weight is 409 g/mol. The molecule has 31 heavy (non-hydrogen) atoms. The number of benzene rings is 2. The molecule has 2 N–H and O–H groups in total. The summed E-state index contributed by atoms with van der Waals surface area (Å²) in [4.78, 5) is 18.3. The monoisotopic (exact) mass is 408 g/mol. The summed E-state index contributed by atoms with van der Waals surface area (Å²) in [5.74, 6) is 0.996. The van der Waals surface area contributed by atoms with Crippen LogP contribution in [0.2, 0.25) is 0 Å². The van der Waals surface area contributed by atoms with Crippen molar-refractivity contribution in [1.29, 1.82) is 0 Å². The van der Waals surface area contributed by atoms with E-state index in [-0.39, 0.29) is 11.0 Å². The molecule has 4 aromatic rings. The van der Waals surface area contributed by atoms with Crippen LogP contribution in [0.3, 0.4) is 0 Å². The van der Waals surface area contributed by atoms with Crippen LogP contribution < -0.4 is 11.2 Å². The minimum absolute atomic E-state index is 0.0109. The van der Waals surface area contributed by atoms with Crippen LogP contribution in [0.5, 0.6) is 0 Å². The minimum atomic E-state index is -0.223. The quantitative estimate of drug-likeness (QED) is 0.468. The van der Waals surface area contributed by atoms with Crippen LogP contribution >= 0.6 is 0 Å². The van der Waals surface area contributed by atoms with E-state index < -0.39 is 0 Å². The van der Waals surface area contributed by atoms with Crippen LogP contribution in [0, 0.1) is 0 Å². The number of hydrogen-bond acceptors (Lipinski definition) is 4. The topological polar surface area (TPSA) is 69.1 Å². The van der Waals surface area contributed by atoms with Gasteiger partial charge < -0.3 is 10.2 Å². The van der Waals surface area contributed by atoms with E-state index in [1.54, 1.807) is 12.3 Å². The third-order valence-electron chi connectivity index (χ3n) is 6.83. The lowest BCUT2D eigenvalue weighted by atomic mass is 9.72. The maximum Gasteiger partial charge on any atom is 0.201 e. The molecular formula is C27H24N2O2. The summed E-state index contributed by atoms with van der Waals surface area (Å²) in [6.07, 6.45) is 7.12. The number of pyridine rings is 1. The van der Waals surface area contributed by atoms with Crippen LogP contribution in [-0.2, 0) is 5.54 Å². The molecule has 0 saturated heterocycles. The van der Waals surface area contributed by atoms with Gasteiger partial charge in [-0.3, -0.25) is 9.78 Å². The second-order valence-corrected chi connectivity index (χ2v) is 8.94. The summed E-state index contributed by atoms with van der Waals surface area (Å²) in [5.41, 5.74) is 11.3. The smallest absolute Gasteiger partial charge is 0.201 e. The minimum Gasteiger partial charge on any atom is -0.453 e. The summed E-state index contributed by atoms with van der Waals surface area (Å²) in [6, 6.07) is 19.8. The van der Waals surface area contributed by atoms with Crippen molar-refractivity contribution in [2.24, 2.45) is 5.73 Å². The fourth-order valence-corrected chi connectivity index (χ4v) is 4.66. The zero-order valence-corrected chi connectivity index (χ0v) is 17.3. The molecule has 2 aromatic carbocycles. The molecule has 0 aliphatic heterocycles. The third kappa shape index (κ3) is 3.02. The Morgan fingerprint density at radius 2 is 1.68 bits per heavy atom. The van der Waals surface area contributed by atoms with Gasteiger partial charge in [0.25, 0.3) is 0 Å². The van der Waals surface area contributed by atoms with Gasteiger partial charge in [-0.05, 0) is 49.3 Å². The molecule has 0 amide bonds. The number of aromatic nitrogens is 1. The molecule has 2 heterocycles. The summed E-state index contributed by atoms with van der Waals surface area (Å²) in [7, 11) is 0. The van der Waals surface area contributed by atoms with Crippen LogP contribution in [0.1, 0.15) is 49.3 Å². The van der Waals surface area contributed by atoms with E-state index in [1.807, 2.05) is 42.5 Å². The lowest BCUT2D eigenvalue weighted by molar-refractivity contribution is 0.253. The molecule has 2 aromatic heterocycles. The van der Waals surface area contributed by atoms with E-state index in [2.05, 4.69) is 17.1 Å². The summed E-state index contributed by atoms with van der Waals surface area (Å²) in [5, 5.41) is 0.602. The Kier molecular flexibility index (Phi) is 4.12. The number of rotatable bonds is 4. The molecule has 2 aliphatic carbocycles. The molecule has 0 atom stereocenters. The molecular weight excluding hydrogens is 384 g/mol. The van der Waals surface area contributed by atoms with Gasteiger partial charge in [-0.25, -0.2) is 0 Å². The Morgan fingerprint density at radius 3 is 2.32 bits per heavy atom. The van der Waals surface area contributed by atoms with Crippen LogP contribution in [0.4, 0.5) is 0 Å². The Hall–Kier alpha value is -3.24. The fourth-order valence-electron chi connectivity index (χ4n) is 4.66. The first-order valence-electron chi connectivity index (χ1n) is 11.0. The Balaban J connectivity index is 1.59. The second kappa shape index (κ2) is 6.89. The Morgan fingerprint density at radius 1 is 0.935 bits per heavy atom. The Labute approximate surface area is 180 Å². The predicted octanol–water partition coefficient (Wildman–Crippen LogP) is 5.74. The van der Waals surface area contributed by atoms with E-state index in [9.17, 15) is 4.79 Å². The number of nitrogens with two attached hydrogens (primary N) is 1. The molecule has 6 rings (SSSR count). The van der Waals surface area contributed by atoms with Crippen LogP contribution in [-0.4, -0.2) is 4.98 Å². The first kappa shape index (κ1) is 18.5. The van der Waals surface area contributed by atoms with Crippen molar-refractivity contribution >= 4 is 11.0 Å². The van der Waals surface area contributed by atoms with Crippen molar-refractivity contribution < 1.29 is 4.42 Å².